The van der Waals surface area contributed by atoms with Crippen LogP contribution in [0.5, 0.6) is 0 Å². The van der Waals surface area contributed by atoms with Crippen LogP contribution in [0.1, 0.15) is 23.7 Å². The van der Waals surface area contributed by atoms with Gasteiger partial charge in [0.15, 0.2) is 5.82 Å². The Morgan fingerprint density at radius 2 is 2.24 bits per heavy atom. The standard InChI is InChI=1S/C15H16FN3OS/c1-2-7-21-10-3-4-13(17)14(8-10)19-15(20)11-5-6-18-9-12(11)16/h3-6,8-9H,2,7,17H2,1H3,(H,19,20). The molecule has 0 aliphatic heterocycles. The number of benzene rings is 1. The SMILES string of the molecule is CCCSc1ccc(N)c(NC(=O)c2ccncc2F)c1. The summed E-state index contributed by atoms with van der Waals surface area (Å²) in [4.78, 5) is 16.7. The van der Waals surface area contributed by atoms with Crippen molar-refractivity contribution in [2.24, 2.45) is 0 Å². The zero-order valence-corrected chi connectivity index (χ0v) is 12.4. The van der Waals surface area contributed by atoms with Crippen molar-refractivity contribution in [1.29, 1.82) is 0 Å². The second kappa shape index (κ2) is 7.08. The third-order valence-electron chi connectivity index (χ3n) is 2.76. The summed E-state index contributed by atoms with van der Waals surface area (Å²) in [6, 6.07) is 6.76. The first-order chi connectivity index (χ1) is 10.1. The third-order valence-corrected chi connectivity index (χ3v) is 3.96. The lowest BCUT2D eigenvalue weighted by molar-refractivity contribution is 0.102. The monoisotopic (exact) mass is 305 g/mol. The van der Waals surface area contributed by atoms with Gasteiger partial charge < -0.3 is 11.1 Å². The Kier molecular flexibility index (Phi) is 5.16. The molecule has 1 amide bonds. The normalized spacial score (nSPS) is 10.4. The van der Waals surface area contributed by atoms with Gasteiger partial charge in [0.2, 0.25) is 0 Å². The fourth-order valence-corrected chi connectivity index (χ4v) is 2.51. The molecule has 0 atom stereocenters. The van der Waals surface area contributed by atoms with Gasteiger partial charge in [-0.05, 0) is 36.4 Å². The largest absolute Gasteiger partial charge is 0.397 e. The molecule has 0 saturated heterocycles. The van der Waals surface area contributed by atoms with E-state index >= 15 is 0 Å². The summed E-state index contributed by atoms with van der Waals surface area (Å²) in [6.45, 7) is 2.10. The molecule has 0 bridgehead atoms. The van der Waals surface area contributed by atoms with Gasteiger partial charge >= 0.3 is 0 Å². The lowest BCUT2D eigenvalue weighted by atomic mass is 10.2. The number of pyridine rings is 1. The molecule has 0 saturated carbocycles. The quantitative estimate of drug-likeness (QED) is 0.654. The number of halogens is 1. The van der Waals surface area contributed by atoms with Crippen molar-refractivity contribution in [3.05, 3.63) is 48.0 Å². The molecule has 2 rings (SSSR count). The van der Waals surface area contributed by atoms with Crippen LogP contribution < -0.4 is 11.1 Å². The Morgan fingerprint density at radius 3 is 2.95 bits per heavy atom. The van der Waals surface area contributed by atoms with Crippen LogP contribution in [0.3, 0.4) is 0 Å². The van der Waals surface area contributed by atoms with Gasteiger partial charge in [-0.3, -0.25) is 9.78 Å². The van der Waals surface area contributed by atoms with E-state index in [-0.39, 0.29) is 5.56 Å². The minimum absolute atomic E-state index is 0.0592. The zero-order chi connectivity index (χ0) is 15.2. The average Bonchev–Trinajstić information content (AvgIpc) is 2.48. The van der Waals surface area contributed by atoms with Crippen molar-refractivity contribution in [3.8, 4) is 0 Å². The Balaban J connectivity index is 2.19. The van der Waals surface area contributed by atoms with Crippen LogP contribution in [0.25, 0.3) is 0 Å². The molecular weight excluding hydrogens is 289 g/mol. The number of hydrogen-bond acceptors (Lipinski definition) is 4. The number of aromatic nitrogens is 1. The summed E-state index contributed by atoms with van der Waals surface area (Å²) in [5.41, 5.74) is 6.72. The number of thioether (sulfide) groups is 1. The fraction of sp³-hybridized carbons (Fsp3) is 0.200. The lowest BCUT2D eigenvalue weighted by Crippen LogP contribution is -2.15. The van der Waals surface area contributed by atoms with Crippen LogP contribution in [0, 0.1) is 5.82 Å². The van der Waals surface area contributed by atoms with Gasteiger partial charge in [-0.1, -0.05) is 6.92 Å². The molecule has 0 radical (unpaired) electrons. The summed E-state index contributed by atoms with van der Waals surface area (Å²) in [6.07, 6.45) is 3.43. The van der Waals surface area contributed by atoms with Crippen molar-refractivity contribution >= 4 is 29.0 Å². The summed E-state index contributed by atoms with van der Waals surface area (Å²) in [5, 5.41) is 2.64. The highest BCUT2D eigenvalue weighted by Gasteiger charge is 2.13. The van der Waals surface area contributed by atoms with Crippen molar-refractivity contribution in [3.63, 3.8) is 0 Å². The van der Waals surface area contributed by atoms with E-state index in [2.05, 4.69) is 17.2 Å². The van der Waals surface area contributed by atoms with Gasteiger partial charge in [0, 0.05) is 11.1 Å². The Labute approximate surface area is 127 Å². The highest BCUT2D eigenvalue weighted by Crippen LogP contribution is 2.27. The second-order valence-corrected chi connectivity index (χ2v) is 5.58. The molecular formula is C15H16FN3OS. The molecule has 0 spiro atoms. The van der Waals surface area contributed by atoms with Crippen molar-refractivity contribution in [2.75, 3.05) is 16.8 Å². The van der Waals surface area contributed by atoms with Crippen LogP contribution in [0.2, 0.25) is 0 Å². The minimum atomic E-state index is -0.662. The molecule has 0 aliphatic carbocycles. The molecule has 1 heterocycles. The number of carbonyl (C=O) groups excluding carboxylic acids is 1. The topological polar surface area (TPSA) is 68.0 Å². The Bertz CT molecular complexity index is 649. The van der Waals surface area contributed by atoms with Crippen LogP contribution in [-0.2, 0) is 0 Å². The van der Waals surface area contributed by atoms with E-state index in [4.69, 9.17) is 5.73 Å². The number of hydrogen-bond donors (Lipinski definition) is 2. The summed E-state index contributed by atoms with van der Waals surface area (Å²) in [7, 11) is 0. The molecule has 1 aromatic carbocycles. The highest BCUT2D eigenvalue weighted by molar-refractivity contribution is 7.99. The van der Waals surface area contributed by atoms with Crippen LogP contribution in [0.4, 0.5) is 15.8 Å². The zero-order valence-electron chi connectivity index (χ0n) is 11.6. The molecule has 4 nitrogen and oxygen atoms in total. The van der Waals surface area contributed by atoms with E-state index in [1.807, 2.05) is 6.07 Å². The van der Waals surface area contributed by atoms with Crippen LogP contribution in [0.15, 0.2) is 41.6 Å². The Morgan fingerprint density at radius 1 is 1.43 bits per heavy atom. The van der Waals surface area contributed by atoms with Gasteiger partial charge in [-0.2, -0.15) is 0 Å². The van der Waals surface area contributed by atoms with Gasteiger partial charge in [-0.25, -0.2) is 4.39 Å². The number of nitrogen functional groups attached to an aromatic ring is 1. The maximum Gasteiger partial charge on any atom is 0.258 e. The van der Waals surface area contributed by atoms with E-state index in [9.17, 15) is 9.18 Å². The summed E-state index contributed by atoms with van der Waals surface area (Å²) in [5.74, 6) is -0.222. The maximum absolute atomic E-state index is 13.5. The number of carbonyl (C=O) groups is 1. The number of amides is 1. The van der Waals surface area contributed by atoms with E-state index < -0.39 is 11.7 Å². The molecule has 110 valence electrons. The summed E-state index contributed by atoms with van der Waals surface area (Å²) >= 11 is 1.68. The predicted molar refractivity (Wildman–Crippen MR) is 84.0 cm³/mol. The predicted octanol–water partition coefficient (Wildman–Crippen LogP) is 3.56. The molecule has 0 fully saturated rings. The molecule has 0 aliphatic rings. The fourth-order valence-electron chi connectivity index (χ4n) is 1.70. The van der Waals surface area contributed by atoms with Crippen LogP contribution >= 0.6 is 11.8 Å². The molecule has 6 heteroatoms. The van der Waals surface area contributed by atoms with Gasteiger partial charge in [0.05, 0.1) is 23.1 Å². The third kappa shape index (κ3) is 3.95. The van der Waals surface area contributed by atoms with E-state index in [0.717, 1.165) is 23.3 Å². The van der Waals surface area contributed by atoms with Gasteiger partial charge in [0.1, 0.15) is 0 Å². The van der Waals surface area contributed by atoms with Crippen molar-refractivity contribution in [2.45, 2.75) is 18.2 Å². The average molecular weight is 305 g/mol. The lowest BCUT2D eigenvalue weighted by Gasteiger charge is -2.10. The number of anilines is 2. The minimum Gasteiger partial charge on any atom is -0.397 e. The molecule has 1 aromatic heterocycles. The first-order valence-corrected chi connectivity index (χ1v) is 7.53. The number of nitrogens with one attached hydrogen (secondary N) is 1. The van der Waals surface area contributed by atoms with E-state index in [1.54, 1.807) is 23.9 Å². The van der Waals surface area contributed by atoms with Crippen molar-refractivity contribution < 1.29 is 9.18 Å². The maximum atomic E-state index is 13.5. The number of rotatable bonds is 5. The molecule has 0 unspecified atom stereocenters. The first-order valence-electron chi connectivity index (χ1n) is 6.55. The summed E-state index contributed by atoms with van der Waals surface area (Å²) < 4.78 is 13.5. The van der Waals surface area contributed by atoms with Crippen molar-refractivity contribution in [1.82, 2.24) is 4.98 Å². The number of nitrogens with two attached hydrogens (primary N) is 1. The molecule has 2 aromatic rings. The van der Waals surface area contributed by atoms with E-state index in [0.29, 0.717) is 11.4 Å². The van der Waals surface area contributed by atoms with Gasteiger partial charge in [-0.15, -0.1) is 11.8 Å². The molecule has 3 N–H and O–H groups in total. The number of nitrogens with zero attached hydrogens (tertiary/aromatic N) is 1. The Hall–Kier alpha value is -2.08. The second-order valence-electron chi connectivity index (χ2n) is 4.41. The molecule has 21 heavy (non-hydrogen) atoms. The van der Waals surface area contributed by atoms with Crippen LogP contribution in [-0.4, -0.2) is 16.6 Å². The smallest absolute Gasteiger partial charge is 0.258 e. The van der Waals surface area contributed by atoms with Gasteiger partial charge in [0.25, 0.3) is 5.91 Å². The first kappa shape index (κ1) is 15.3. The van der Waals surface area contributed by atoms with E-state index in [1.165, 1.54) is 12.3 Å². The highest BCUT2D eigenvalue weighted by atomic mass is 32.2.